The number of amides is 2. The van der Waals surface area contributed by atoms with E-state index in [9.17, 15) is 9.59 Å². The number of rotatable bonds is 4. The second-order valence-corrected chi connectivity index (χ2v) is 5.84. The van der Waals surface area contributed by atoms with Gasteiger partial charge in [0.25, 0.3) is 0 Å². The van der Waals surface area contributed by atoms with Crippen LogP contribution < -0.4 is 0 Å². The molecule has 0 radical (unpaired) electrons. The summed E-state index contributed by atoms with van der Waals surface area (Å²) < 4.78 is 0. The van der Waals surface area contributed by atoms with Crippen LogP contribution in [0.5, 0.6) is 0 Å². The van der Waals surface area contributed by atoms with Crippen molar-refractivity contribution in [3.05, 3.63) is 0 Å². The molecule has 0 spiro atoms. The Hall–Kier alpha value is -1.30. The summed E-state index contributed by atoms with van der Waals surface area (Å²) in [6.45, 7) is 7.18. The van der Waals surface area contributed by atoms with E-state index in [1.807, 2.05) is 18.7 Å². The van der Waals surface area contributed by atoms with Crippen LogP contribution in [0.4, 0.5) is 4.79 Å². The maximum absolute atomic E-state index is 12.6. The number of carbonyl (C=O) groups excluding carboxylic acids is 1. The number of carbonyl (C=O) groups is 2. The molecule has 2 rings (SSSR count). The lowest BCUT2D eigenvalue weighted by atomic mass is 10.1. The van der Waals surface area contributed by atoms with Gasteiger partial charge < -0.3 is 14.9 Å². The Morgan fingerprint density at radius 1 is 1.35 bits per heavy atom. The monoisotopic (exact) mass is 283 g/mol. The topological polar surface area (TPSA) is 64.1 Å². The van der Waals surface area contributed by atoms with Crippen molar-refractivity contribution in [2.24, 2.45) is 0 Å². The van der Waals surface area contributed by atoms with Gasteiger partial charge in [-0.1, -0.05) is 6.92 Å². The van der Waals surface area contributed by atoms with Gasteiger partial charge in [-0.3, -0.25) is 9.69 Å². The van der Waals surface area contributed by atoms with Crippen molar-refractivity contribution >= 4 is 12.0 Å². The molecule has 0 aromatic rings. The van der Waals surface area contributed by atoms with Gasteiger partial charge in [0.15, 0.2) is 0 Å². The molecule has 0 aromatic carbocycles. The van der Waals surface area contributed by atoms with Gasteiger partial charge in [-0.05, 0) is 32.7 Å². The summed E-state index contributed by atoms with van der Waals surface area (Å²) in [5, 5.41) is 9.01. The van der Waals surface area contributed by atoms with Crippen LogP contribution in [0.25, 0.3) is 0 Å². The molecular weight excluding hydrogens is 258 g/mol. The minimum Gasteiger partial charge on any atom is -0.480 e. The minimum atomic E-state index is -0.946. The van der Waals surface area contributed by atoms with Crippen LogP contribution in [0, 0.1) is 0 Å². The highest BCUT2D eigenvalue weighted by atomic mass is 16.4. The SMILES string of the molecule is CCC(C)N(CC(=O)O)C(=O)N1CCN2CCCC2C1. The van der Waals surface area contributed by atoms with Crippen molar-refractivity contribution in [3.63, 3.8) is 0 Å². The predicted molar refractivity (Wildman–Crippen MR) is 75.7 cm³/mol. The number of aliphatic carboxylic acids is 1. The number of carboxylic acids is 1. The van der Waals surface area contributed by atoms with Gasteiger partial charge in [0.1, 0.15) is 6.54 Å². The molecule has 2 fully saturated rings. The van der Waals surface area contributed by atoms with Crippen LogP contribution in [0.3, 0.4) is 0 Å². The summed E-state index contributed by atoms with van der Waals surface area (Å²) in [7, 11) is 0. The van der Waals surface area contributed by atoms with Crippen LogP contribution in [-0.4, -0.2) is 76.6 Å². The first kappa shape index (κ1) is 15.1. The number of nitrogens with zero attached hydrogens (tertiary/aromatic N) is 3. The zero-order valence-electron chi connectivity index (χ0n) is 12.4. The maximum atomic E-state index is 12.6. The van der Waals surface area contributed by atoms with Gasteiger partial charge in [-0.25, -0.2) is 4.79 Å². The Morgan fingerprint density at radius 3 is 2.75 bits per heavy atom. The Labute approximate surface area is 120 Å². The zero-order chi connectivity index (χ0) is 14.7. The van der Waals surface area contributed by atoms with Crippen LogP contribution in [-0.2, 0) is 4.79 Å². The van der Waals surface area contributed by atoms with Crippen LogP contribution >= 0.6 is 0 Å². The average molecular weight is 283 g/mol. The molecule has 2 amide bonds. The lowest BCUT2D eigenvalue weighted by Gasteiger charge is -2.40. The quantitative estimate of drug-likeness (QED) is 0.838. The molecule has 0 aromatic heterocycles. The van der Waals surface area contributed by atoms with E-state index in [1.54, 1.807) is 0 Å². The normalized spacial score (nSPS) is 24.3. The molecule has 114 valence electrons. The molecule has 20 heavy (non-hydrogen) atoms. The third-order valence-corrected chi connectivity index (χ3v) is 4.53. The smallest absolute Gasteiger partial charge is 0.323 e. The van der Waals surface area contributed by atoms with Crippen molar-refractivity contribution in [1.29, 1.82) is 0 Å². The van der Waals surface area contributed by atoms with Crippen LogP contribution in [0.15, 0.2) is 0 Å². The second-order valence-electron chi connectivity index (χ2n) is 5.84. The van der Waals surface area contributed by atoms with Crippen molar-refractivity contribution in [1.82, 2.24) is 14.7 Å². The van der Waals surface area contributed by atoms with Crippen LogP contribution in [0.1, 0.15) is 33.1 Å². The fourth-order valence-corrected chi connectivity index (χ4v) is 3.12. The maximum Gasteiger partial charge on any atom is 0.323 e. The van der Waals surface area contributed by atoms with E-state index in [0.717, 1.165) is 32.5 Å². The van der Waals surface area contributed by atoms with Crippen molar-refractivity contribution in [3.8, 4) is 0 Å². The van der Waals surface area contributed by atoms with Crippen molar-refractivity contribution < 1.29 is 14.7 Å². The number of hydrogen-bond donors (Lipinski definition) is 1. The molecule has 0 bridgehead atoms. The molecule has 2 saturated heterocycles. The average Bonchev–Trinajstić information content (AvgIpc) is 2.90. The van der Waals surface area contributed by atoms with Gasteiger partial charge in [0.2, 0.25) is 0 Å². The minimum absolute atomic E-state index is 0.0415. The predicted octanol–water partition coefficient (Wildman–Crippen LogP) is 1.07. The van der Waals surface area contributed by atoms with Gasteiger partial charge in [0, 0.05) is 31.7 Å². The van der Waals surface area contributed by atoms with Gasteiger partial charge >= 0.3 is 12.0 Å². The molecule has 0 saturated carbocycles. The Balaban J connectivity index is 2.01. The summed E-state index contributed by atoms with van der Waals surface area (Å²) in [4.78, 5) is 29.3. The molecule has 6 heteroatoms. The Bertz CT molecular complexity index is 375. The number of carboxylic acid groups (broad SMARTS) is 1. The number of urea groups is 1. The summed E-state index contributed by atoms with van der Waals surface area (Å²) in [5.74, 6) is -0.946. The fraction of sp³-hybridized carbons (Fsp3) is 0.857. The van der Waals surface area contributed by atoms with E-state index in [2.05, 4.69) is 4.90 Å². The number of hydrogen-bond acceptors (Lipinski definition) is 3. The standard InChI is InChI=1S/C14H25N3O3/c1-3-11(2)17(10-13(18)19)14(20)16-8-7-15-6-4-5-12(15)9-16/h11-12H,3-10H2,1-2H3,(H,18,19). The first-order valence-corrected chi connectivity index (χ1v) is 7.54. The Morgan fingerprint density at radius 2 is 2.10 bits per heavy atom. The van der Waals surface area contributed by atoms with Gasteiger partial charge in [-0.2, -0.15) is 0 Å². The van der Waals surface area contributed by atoms with E-state index in [0.29, 0.717) is 12.6 Å². The lowest BCUT2D eigenvalue weighted by molar-refractivity contribution is -0.138. The third kappa shape index (κ3) is 3.23. The van der Waals surface area contributed by atoms with E-state index in [-0.39, 0.29) is 18.6 Å². The number of piperazine rings is 1. The molecule has 2 heterocycles. The third-order valence-electron chi connectivity index (χ3n) is 4.53. The molecule has 1 N–H and O–H groups in total. The summed E-state index contributed by atoms with van der Waals surface area (Å²) >= 11 is 0. The molecule has 2 aliphatic heterocycles. The van der Waals surface area contributed by atoms with Crippen molar-refractivity contribution in [2.45, 2.75) is 45.2 Å². The molecule has 6 nitrogen and oxygen atoms in total. The molecule has 2 unspecified atom stereocenters. The summed E-state index contributed by atoms with van der Waals surface area (Å²) in [6.07, 6.45) is 3.12. The number of fused-ring (bicyclic) bond motifs is 1. The van der Waals surface area contributed by atoms with E-state index < -0.39 is 5.97 Å². The fourth-order valence-electron chi connectivity index (χ4n) is 3.12. The van der Waals surface area contributed by atoms with E-state index >= 15 is 0 Å². The summed E-state index contributed by atoms with van der Waals surface area (Å²) in [5.41, 5.74) is 0. The largest absolute Gasteiger partial charge is 0.480 e. The highest BCUT2D eigenvalue weighted by Gasteiger charge is 2.35. The highest BCUT2D eigenvalue weighted by Crippen LogP contribution is 2.22. The summed E-state index contributed by atoms with van der Waals surface area (Å²) in [6, 6.07) is 0.310. The lowest BCUT2D eigenvalue weighted by Crippen LogP contribution is -2.57. The van der Waals surface area contributed by atoms with Gasteiger partial charge in [0.05, 0.1) is 0 Å². The zero-order valence-corrected chi connectivity index (χ0v) is 12.4. The van der Waals surface area contributed by atoms with E-state index in [4.69, 9.17) is 5.11 Å². The molecular formula is C14H25N3O3. The molecule has 0 aliphatic carbocycles. The highest BCUT2D eigenvalue weighted by molar-refractivity contribution is 5.80. The molecule has 2 atom stereocenters. The second kappa shape index (κ2) is 6.43. The Kier molecular flexibility index (Phi) is 4.86. The van der Waals surface area contributed by atoms with Gasteiger partial charge in [-0.15, -0.1) is 0 Å². The first-order valence-electron chi connectivity index (χ1n) is 7.54. The molecule has 2 aliphatic rings. The van der Waals surface area contributed by atoms with E-state index in [1.165, 1.54) is 11.3 Å². The van der Waals surface area contributed by atoms with Crippen molar-refractivity contribution in [2.75, 3.05) is 32.7 Å². The van der Waals surface area contributed by atoms with Crippen LogP contribution in [0.2, 0.25) is 0 Å². The first-order chi connectivity index (χ1) is 9.52.